The van der Waals surface area contributed by atoms with E-state index < -0.39 is 23.4 Å². The molecule has 6 nitrogen and oxygen atoms in total. The summed E-state index contributed by atoms with van der Waals surface area (Å²) in [7, 11) is 0. The number of hydrogen-bond acceptors (Lipinski definition) is 6. The number of thiophene rings is 1. The maximum atomic E-state index is 14.5. The second-order valence-electron chi connectivity index (χ2n) is 9.93. The van der Waals surface area contributed by atoms with E-state index >= 15 is 0 Å². The molecule has 1 fully saturated rings. The summed E-state index contributed by atoms with van der Waals surface area (Å²) < 4.78 is 0. The molecule has 0 radical (unpaired) electrons. The quantitative estimate of drug-likeness (QED) is 0.367. The Bertz CT molecular complexity index is 1650. The van der Waals surface area contributed by atoms with Crippen molar-refractivity contribution in [3.63, 3.8) is 0 Å². The van der Waals surface area contributed by atoms with Gasteiger partial charge in [-0.2, -0.15) is 0 Å². The number of allylic oxidation sites excluding steroid dienone is 1. The number of nitrogens with one attached hydrogen (secondary N) is 1. The number of nitrogens with zero attached hydrogens (tertiary/aromatic N) is 2. The smallest absolute Gasteiger partial charge is 0.238 e. The van der Waals surface area contributed by atoms with Crippen LogP contribution in [0.25, 0.3) is 5.57 Å². The van der Waals surface area contributed by atoms with Gasteiger partial charge in [0.2, 0.25) is 5.91 Å². The molecule has 7 rings (SSSR count). The lowest BCUT2D eigenvalue weighted by atomic mass is 9.64. The Kier molecular flexibility index (Phi) is 5.00. The summed E-state index contributed by atoms with van der Waals surface area (Å²) >= 11 is 1.35. The third-order valence-corrected chi connectivity index (χ3v) is 9.00. The number of carbonyl (C=O) groups is 3. The molecule has 7 heteroatoms. The molecule has 5 heterocycles. The average molecular weight is 518 g/mol. The predicted octanol–water partition coefficient (Wildman–Crippen LogP) is 5.39. The van der Waals surface area contributed by atoms with Crippen LogP contribution >= 0.6 is 11.3 Å². The highest BCUT2D eigenvalue weighted by Gasteiger charge is 2.70. The van der Waals surface area contributed by atoms with Crippen LogP contribution in [0.15, 0.2) is 96.5 Å². The van der Waals surface area contributed by atoms with E-state index in [4.69, 9.17) is 0 Å². The Hall–Kier alpha value is -4.36. The molecule has 186 valence electrons. The summed E-state index contributed by atoms with van der Waals surface area (Å²) in [4.78, 5) is 50.2. The minimum Gasteiger partial charge on any atom is -0.352 e. The first-order chi connectivity index (χ1) is 18.5. The number of anilines is 2. The number of rotatable bonds is 4. The fourth-order valence-corrected chi connectivity index (χ4v) is 7.32. The molecule has 4 aromatic rings. The normalized spacial score (nSPS) is 24.9. The average Bonchev–Trinajstić information content (AvgIpc) is 3.66. The van der Waals surface area contributed by atoms with Crippen molar-refractivity contribution in [1.82, 2.24) is 4.98 Å². The SMILES string of the molecule is CC1=C[C@@H]2N(c3ccccc31)[C@H](C(=O)c1cccs1)[C@H](C(=O)c1ccccn1)[C@@]21C(=O)Nc2ccccc21. The van der Waals surface area contributed by atoms with Gasteiger partial charge >= 0.3 is 0 Å². The number of benzene rings is 2. The summed E-state index contributed by atoms with van der Waals surface area (Å²) in [5.74, 6) is -1.76. The first-order valence-electron chi connectivity index (χ1n) is 12.5. The highest BCUT2D eigenvalue weighted by molar-refractivity contribution is 7.12. The van der Waals surface area contributed by atoms with Gasteiger partial charge < -0.3 is 10.2 Å². The lowest BCUT2D eigenvalue weighted by Crippen LogP contribution is -2.51. The molecule has 1 spiro atoms. The maximum absolute atomic E-state index is 14.5. The van der Waals surface area contributed by atoms with E-state index in [9.17, 15) is 14.4 Å². The van der Waals surface area contributed by atoms with Gasteiger partial charge in [-0.1, -0.05) is 54.6 Å². The molecule has 1 saturated heterocycles. The van der Waals surface area contributed by atoms with Gasteiger partial charge in [-0.3, -0.25) is 19.4 Å². The van der Waals surface area contributed by atoms with Crippen LogP contribution in [0, 0.1) is 5.92 Å². The van der Waals surface area contributed by atoms with Crippen LogP contribution < -0.4 is 10.2 Å². The molecule has 2 aromatic carbocycles. The summed E-state index contributed by atoms with van der Waals surface area (Å²) in [6.45, 7) is 2.02. The Balaban J connectivity index is 1.57. The standard InChI is InChI=1S/C31H23N3O3S/c1-18-17-25-31(20-10-3-4-11-21(20)33-30(31)37)26(28(35)22-12-6-7-15-32-22)27(29(36)24-14-8-16-38-24)34(25)23-13-5-2-9-19(18)23/h2-17,25-27H,1H3,(H,33,37)/t25-,26+,27-,31-/m0/s1. The zero-order valence-electron chi connectivity index (χ0n) is 20.5. The van der Waals surface area contributed by atoms with Gasteiger partial charge in [-0.15, -0.1) is 11.3 Å². The van der Waals surface area contributed by atoms with E-state index in [1.165, 1.54) is 11.3 Å². The summed E-state index contributed by atoms with van der Waals surface area (Å²) in [5, 5.41) is 4.91. The van der Waals surface area contributed by atoms with Crippen molar-refractivity contribution < 1.29 is 14.4 Å². The fourth-order valence-electron chi connectivity index (χ4n) is 6.62. The summed E-state index contributed by atoms with van der Waals surface area (Å²) in [6.07, 6.45) is 3.63. The van der Waals surface area contributed by atoms with E-state index in [0.29, 0.717) is 10.6 Å². The van der Waals surface area contributed by atoms with E-state index in [2.05, 4.69) is 16.4 Å². The molecule has 38 heavy (non-hydrogen) atoms. The minimum absolute atomic E-state index is 0.170. The molecular weight excluding hydrogens is 494 g/mol. The molecule has 1 N–H and O–H groups in total. The number of ketones is 2. The number of Topliss-reactive ketones (excluding diaryl/α,β-unsaturated/α-hetero) is 2. The molecule has 3 aliphatic heterocycles. The van der Waals surface area contributed by atoms with Gasteiger partial charge in [-0.25, -0.2) is 0 Å². The van der Waals surface area contributed by atoms with E-state index in [1.54, 1.807) is 30.5 Å². The van der Waals surface area contributed by atoms with Crippen LogP contribution in [0.2, 0.25) is 0 Å². The molecule has 0 bridgehead atoms. The van der Waals surface area contributed by atoms with Crippen molar-refractivity contribution in [2.24, 2.45) is 5.92 Å². The van der Waals surface area contributed by atoms with Crippen molar-refractivity contribution in [2.75, 3.05) is 10.2 Å². The Labute approximate surface area is 223 Å². The van der Waals surface area contributed by atoms with Gasteiger partial charge in [0.1, 0.15) is 17.2 Å². The van der Waals surface area contributed by atoms with Gasteiger partial charge in [0.05, 0.1) is 16.8 Å². The molecule has 2 aromatic heterocycles. The van der Waals surface area contributed by atoms with Gasteiger partial charge in [0.25, 0.3) is 0 Å². The largest absolute Gasteiger partial charge is 0.352 e. The molecule has 0 saturated carbocycles. The molecule has 3 aliphatic rings. The van der Waals surface area contributed by atoms with Crippen molar-refractivity contribution >= 4 is 45.8 Å². The van der Waals surface area contributed by atoms with E-state index in [0.717, 1.165) is 22.4 Å². The van der Waals surface area contributed by atoms with Crippen molar-refractivity contribution in [3.8, 4) is 0 Å². The Morgan fingerprint density at radius 3 is 2.53 bits per heavy atom. The maximum Gasteiger partial charge on any atom is 0.238 e. The monoisotopic (exact) mass is 517 g/mol. The first-order valence-corrected chi connectivity index (χ1v) is 13.4. The van der Waals surface area contributed by atoms with Crippen LogP contribution in [0.3, 0.4) is 0 Å². The predicted molar refractivity (Wildman–Crippen MR) is 148 cm³/mol. The first kappa shape index (κ1) is 22.8. The number of carbonyl (C=O) groups excluding carboxylic acids is 3. The third-order valence-electron chi connectivity index (χ3n) is 8.12. The number of pyridine rings is 1. The molecule has 0 unspecified atom stereocenters. The van der Waals surface area contributed by atoms with E-state index in [1.807, 2.05) is 71.8 Å². The van der Waals surface area contributed by atoms with Gasteiger partial charge in [0.15, 0.2) is 11.6 Å². The molecule has 0 aliphatic carbocycles. The highest BCUT2D eigenvalue weighted by atomic mass is 32.1. The minimum atomic E-state index is -1.32. The van der Waals surface area contributed by atoms with Gasteiger partial charge in [-0.05, 0) is 53.8 Å². The van der Waals surface area contributed by atoms with Crippen LogP contribution in [0.1, 0.15) is 38.2 Å². The van der Waals surface area contributed by atoms with Crippen molar-refractivity contribution in [2.45, 2.75) is 24.4 Å². The van der Waals surface area contributed by atoms with Gasteiger partial charge in [0, 0.05) is 23.1 Å². The number of aromatic nitrogens is 1. The Morgan fingerprint density at radius 2 is 1.74 bits per heavy atom. The number of fused-ring (bicyclic) bond motifs is 6. The fraction of sp³-hybridized carbons (Fsp3) is 0.161. The van der Waals surface area contributed by atoms with Crippen LogP contribution in [0.4, 0.5) is 11.4 Å². The second kappa shape index (κ2) is 8.33. The third kappa shape index (κ3) is 2.93. The van der Waals surface area contributed by atoms with Crippen LogP contribution in [0.5, 0.6) is 0 Å². The molecule has 4 atom stereocenters. The number of hydrogen-bond donors (Lipinski definition) is 1. The lowest BCUT2D eigenvalue weighted by molar-refractivity contribution is -0.121. The highest BCUT2D eigenvalue weighted by Crippen LogP contribution is 2.58. The number of para-hydroxylation sites is 2. The topological polar surface area (TPSA) is 79.4 Å². The summed E-state index contributed by atoms with van der Waals surface area (Å²) in [5.41, 5.74) is 3.17. The van der Waals surface area contributed by atoms with Crippen molar-refractivity contribution in [3.05, 3.63) is 118 Å². The number of amides is 1. The zero-order valence-corrected chi connectivity index (χ0v) is 21.3. The zero-order chi connectivity index (χ0) is 26.0. The summed E-state index contributed by atoms with van der Waals surface area (Å²) in [6, 6.07) is 22.8. The Morgan fingerprint density at radius 1 is 0.947 bits per heavy atom. The van der Waals surface area contributed by atoms with Crippen LogP contribution in [-0.2, 0) is 10.2 Å². The molecule has 1 amide bonds. The van der Waals surface area contributed by atoms with Crippen LogP contribution in [-0.4, -0.2) is 34.5 Å². The van der Waals surface area contributed by atoms with E-state index in [-0.39, 0.29) is 23.2 Å². The lowest BCUT2D eigenvalue weighted by Gasteiger charge is -2.39. The van der Waals surface area contributed by atoms with Crippen molar-refractivity contribution in [1.29, 1.82) is 0 Å². The molecular formula is C31H23N3O3S. The second-order valence-corrected chi connectivity index (χ2v) is 10.9.